The van der Waals surface area contributed by atoms with Crippen molar-refractivity contribution in [1.82, 2.24) is 4.90 Å². The van der Waals surface area contributed by atoms with Gasteiger partial charge in [0.1, 0.15) is 12.1 Å². The van der Waals surface area contributed by atoms with Gasteiger partial charge in [-0.05, 0) is 35.0 Å². The van der Waals surface area contributed by atoms with Gasteiger partial charge in [-0.3, -0.25) is 9.59 Å². The number of ether oxygens (including phenoxy) is 1. The third kappa shape index (κ3) is 3.01. The number of nitrogens with zero attached hydrogens (tertiary/aromatic N) is 1. The zero-order valence-electron chi connectivity index (χ0n) is 11.2. The maximum absolute atomic E-state index is 12.2. The van der Waals surface area contributed by atoms with E-state index >= 15 is 0 Å². The van der Waals surface area contributed by atoms with Crippen molar-refractivity contribution >= 4 is 38.8 Å². The van der Waals surface area contributed by atoms with Crippen LogP contribution in [0.5, 0.6) is 0 Å². The van der Waals surface area contributed by atoms with Crippen LogP contribution in [0, 0.1) is 0 Å². The Hall–Kier alpha value is -1.82. The van der Waals surface area contributed by atoms with E-state index in [9.17, 15) is 9.59 Å². The van der Waals surface area contributed by atoms with Crippen LogP contribution in [0.4, 0.5) is 0 Å². The van der Waals surface area contributed by atoms with Crippen LogP contribution in [0.15, 0.2) is 33.2 Å². The van der Waals surface area contributed by atoms with Crippen molar-refractivity contribution in [3.05, 3.63) is 34.5 Å². The standard InChI is InChI=1S/C14H14BrNO4/c1-3-19-12(17)8-16(2)14(18)11-7-9-5-4-6-10(15)13(9)20-11/h4-7H,3,8H2,1-2H3. The number of carbonyl (C=O) groups is 2. The maximum atomic E-state index is 12.2. The minimum absolute atomic E-state index is 0.106. The second-order valence-electron chi connectivity index (χ2n) is 4.24. The van der Waals surface area contributed by atoms with E-state index in [2.05, 4.69) is 15.9 Å². The highest BCUT2D eigenvalue weighted by Gasteiger charge is 2.20. The number of carbonyl (C=O) groups excluding carboxylic acids is 2. The molecule has 0 unspecified atom stereocenters. The predicted molar refractivity (Wildman–Crippen MR) is 77.5 cm³/mol. The first-order valence-corrected chi connectivity index (χ1v) is 6.91. The van der Waals surface area contributed by atoms with E-state index in [1.54, 1.807) is 13.0 Å². The van der Waals surface area contributed by atoms with Crippen molar-refractivity contribution in [2.75, 3.05) is 20.2 Å². The van der Waals surface area contributed by atoms with E-state index in [-0.39, 0.29) is 18.2 Å². The van der Waals surface area contributed by atoms with Gasteiger partial charge in [-0.2, -0.15) is 0 Å². The van der Waals surface area contributed by atoms with Crippen LogP contribution in [0.25, 0.3) is 11.0 Å². The minimum Gasteiger partial charge on any atom is -0.465 e. The highest BCUT2D eigenvalue weighted by molar-refractivity contribution is 9.10. The molecule has 2 rings (SSSR count). The molecule has 1 heterocycles. The number of furan rings is 1. The van der Waals surface area contributed by atoms with E-state index in [4.69, 9.17) is 9.15 Å². The van der Waals surface area contributed by atoms with Gasteiger partial charge in [0.05, 0.1) is 11.1 Å². The fourth-order valence-corrected chi connectivity index (χ4v) is 2.26. The molecule has 6 heteroatoms. The molecule has 0 aliphatic rings. The van der Waals surface area contributed by atoms with Crippen molar-refractivity contribution in [3.63, 3.8) is 0 Å². The van der Waals surface area contributed by atoms with Gasteiger partial charge in [0.25, 0.3) is 5.91 Å². The number of fused-ring (bicyclic) bond motifs is 1. The molecule has 1 aromatic heterocycles. The molecule has 1 amide bonds. The molecular formula is C14H14BrNO4. The molecule has 5 nitrogen and oxygen atoms in total. The van der Waals surface area contributed by atoms with Gasteiger partial charge in [0.15, 0.2) is 5.76 Å². The van der Waals surface area contributed by atoms with Crippen LogP contribution in [0.2, 0.25) is 0 Å². The first kappa shape index (κ1) is 14.6. The smallest absolute Gasteiger partial charge is 0.325 e. The number of amides is 1. The molecule has 0 saturated heterocycles. The van der Waals surface area contributed by atoms with Crippen molar-refractivity contribution < 1.29 is 18.7 Å². The lowest BCUT2D eigenvalue weighted by molar-refractivity contribution is -0.143. The van der Waals surface area contributed by atoms with E-state index in [0.29, 0.717) is 12.2 Å². The average Bonchev–Trinajstić information content (AvgIpc) is 2.83. The average molecular weight is 340 g/mol. The molecule has 1 aromatic carbocycles. The van der Waals surface area contributed by atoms with Crippen LogP contribution >= 0.6 is 15.9 Å². The molecular weight excluding hydrogens is 326 g/mol. The molecule has 0 bridgehead atoms. The Bertz CT molecular complexity index is 650. The lowest BCUT2D eigenvalue weighted by Crippen LogP contribution is -2.32. The van der Waals surface area contributed by atoms with Gasteiger partial charge < -0.3 is 14.1 Å². The second kappa shape index (κ2) is 6.09. The molecule has 2 aromatic rings. The van der Waals surface area contributed by atoms with E-state index in [1.165, 1.54) is 11.9 Å². The van der Waals surface area contributed by atoms with Crippen LogP contribution in [-0.2, 0) is 9.53 Å². The number of hydrogen-bond donors (Lipinski definition) is 0. The first-order chi connectivity index (χ1) is 9.52. The van der Waals surface area contributed by atoms with Gasteiger partial charge in [-0.15, -0.1) is 0 Å². The Labute approximate surface area is 124 Å². The summed E-state index contributed by atoms with van der Waals surface area (Å²) in [5.74, 6) is -0.611. The lowest BCUT2D eigenvalue weighted by atomic mass is 10.2. The normalized spacial score (nSPS) is 10.6. The summed E-state index contributed by atoms with van der Waals surface area (Å²) in [5, 5.41) is 0.826. The second-order valence-corrected chi connectivity index (χ2v) is 5.09. The largest absolute Gasteiger partial charge is 0.465 e. The summed E-state index contributed by atoms with van der Waals surface area (Å²) in [6.45, 7) is 1.90. The molecule has 0 spiro atoms. The molecule has 0 radical (unpaired) electrons. The number of likely N-dealkylation sites (N-methyl/N-ethyl adjacent to an activating group) is 1. The highest BCUT2D eigenvalue weighted by atomic mass is 79.9. The van der Waals surface area contributed by atoms with Crippen molar-refractivity contribution in [2.45, 2.75) is 6.92 Å². The Morgan fingerprint density at radius 1 is 1.40 bits per heavy atom. The summed E-state index contributed by atoms with van der Waals surface area (Å²) in [6, 6.07) is 7.21. The quantitative estimate of drug-likeness (QED) is 0.803. The zero-order valence-corrected chi connectivity index (χ0v) is 12.8. The Morgan fingerprint density at radius 3 is 2.80 bits per heavy atom. The summed E-state index contributed by atoms with van der Waals surface area (Å²) in [7, 11) is 1.53. The van der Waals surface area contributed by atoms with Gasteiger partial charge >= 0.3 is 5.97 Å². The molecule has 106 valence electrons. The van der Waals surface area contributed by atoms with Crippen LogP contribution in [-0.4, -0.2) is 37.0 Å². The maximum Gasteiger partial charge on any atom is 0.325 e. The van der Waals surface area contributed by atoms with Gasteiger partial charge in [-0.25, -0.2) is 0 Å². The van der Waals surface area contributed by atoms with Crippen LogP contribution < -0.4 is 0 Å². The van der Waals surface area contributed by atoms with Crippen molar-refractivity contribution in [2.24, 2.45) is 0 Å². The first-order valence-electron chi connectivity index (χ1n) is 6.12. The van der Waals surface area contributed by atoms with Gasteiger partial charge in [0, 0.05) is 12.4 Å². The summed E-state index contributed by atoms with van der Waals surface area (Å²) in [4.78, 5) is 24.8. The lowest BCUT2D eigenvalue weighted by Gasteiger charge is -2.14. The van der Waals surface area contributed by atoms with Gasteiger partial charge in [-0.1, -0.05) is 12.1 Å². The van der Waals surface area contributed by atoms with Gasteiger partial charge in [0.2, 0.25) is 0 Å². The topological polar surface area (TPSA) is 59.8 Å². The van der Waals surface area contributed by atoms with E-state index in [1.807, 2.05) is 18.2 Å². The zero-order chi connectivity index (χ0) is 14.7. The number of esters is 1. The molecule has 0 saturated carbocycles. The molecule has 0 aliphatic carbocycles. The van der Waals surface area contributed by atoms with Crippen LogP contribution in [0.1, 0.15) is 17.5 Å². The van der Waals surface area contributed by atoms with Crippen LogP contribution in [0.3, 0.4) is 0 Å². The van der Waals surface area contributed by atoms with Crippen molar-refractivity contribution in [1.29, 1.82) is 0 Å². The Morgan fingerprint density at radius 2 is 2.15 bits per heavy atom. The summed E-state index contributed by atoms with van der Waals surface area (Å²) in [6.07, 6.45) is 0. The third-order valence-corrected chi connectivity index (χ3v) is 3.35. The van der Waals surface area contributed by atoms with E-state index < -0.39 is 5.97 Å². The molecule has 0 N–H and O–H groups in total. The number of halogens is 1. The third-order valence-electron chi connectivity index (χ3n) is 2.73. The minimum atomic E-state index is -0.444. The Balaban J connectivity index is 2.18. The monoisotopic (exact) mass is 339 g/mol. The summed E-state index contributed by atoms with van der Waals surface area (Å²) >= 11 is 3.36. The van der Waals surface area contributed by atoms with E-state index in [0.717, 1.165) is 9.86 Å². The molecule has 0 fully saturated rings. The fraction of sp³-hybridized carbons (Fsp3) is 0.286. The molecule has 0 aliphatic heterocycles. The SMILES string of the molecule is CCOC(=O)CN(C)C(=O)c1cc2cccc(Br)c2o1. The number of rotatable bonds is 4. The molecule has 0 atom stereocenters. The summed E-state index contributed by atoms with van der Waals surface area (Å²) in [5.41, 5.74) is 0.611. The number of benzene rings is 1. The summed E-state index contributed by atoms with van der Waals surface area (Å²) < 4.78 is 11.1. The predicted octanol–water partition coefficient (Wildman–Crippen LogP) is 2.83. The number of para-hydroxylation sites is 1. The molecule has 20 heavy (non-hydrogen) atoms. The Kier molecular flexibility index (Phi) is 4.44. The fourth-order valence-electron chi connectivity index (χ4n) is 1.79. The number of hydrogen-bond acceptors (Lipinski definition) is 4. The van der Waals surface area contributed by atoms with Crippen molar-refractivity contribution in [3.8, 4) is 0 Å². The highest BCUT2D eigenvalue weighted by Crippen LogP contribution is 2.27.